The first-order valence-corrected chi connectivity index (χ1v) is 3.58. The number of hydrogen-bond acceptors (Lipinski definition) is 4. The van der Waals surface area contributed by atoms with E-state index in [4.69, 9.17) is 16.1 Å². The molecule has 0 unspecified atom stereocenters. The van der Waals surface area contributed by atoms with Crippen LogP contribution in [0, 0.1) is 11.3 Å². The van der Waals surface area contributed by atoms with Gasteiger partial charge in [0.05, 0.1) is 25.2 Å². The molecule has 1 rings (SSSR count). The van der Waals surface area contributed by atoms with Crippen LogP contribution in [0.4, 0.5) is 5.82 Å². The van der Waals surface area contributed by atoms with Gasteiger partial charge < -0.3 is 10.8 Å². The van der Waals surface area contributed by atoms with Crippen molar-refractivity contribution in [3.63, 3.8) is 0 Å². The second kappa shape index (κ2) is 3.58. The van der Waals surface area contributed by atoms with E-state index < -0.39 is 5.97 Å². The van der Waals surface area contributed by atoms with Crippen LogP contribution in [0.5, 0.6) is 0 Å². The summed E-state index contributed by atoms with van der Waals surface area (Å²) < 4.78 is 1.30. The number of carbonyl (C=O) groups is 1. The van der Waals surface area contributed by atoms with Crippen LogP contribution >= 0.6 is 0 Å². The fourth-order valence-corrected chi connectivity index (χ4v) is 0.894. The van der Waals surface area contributed by atoms with E-state index >= 15 is 0 Å². The molecule has 0 atom stereocenters. The van der Waals surface area contributed by atoms with Crippen molar-refractivity contribution in [2.75, 3.05) is 5.73 Å². The summed E-state index contributed by atoms with van der Waals surface area (Å²) in [6.07, 6.45) is 1.43. The van der Waals surface area contributed by atoms with Gasteiger partial charge in [0, 0.05) is 0 Å². The molecule has 0 aliphatic carbocycles. The van der Waals surface area contributed by atoms with Gasteiger partial charge in [-0.15, -0.1) is 0 Å². The minimum absolute atomic E-state index is 0.0297. The lowest BCUT2D eigenvalue weighted by atomic mass is 10.3. The molecule has 0 amide bonds. The van der Waals surface area contributed by atoms with Crippen LogP contribution in [0.2, 0.25) is 0 Å². The van der Waals surface area contributed by atoms with E-state index in [1.54, 1.807) is 0 Å². The third-order valence-corrected chi connectivity index (χ3v) is 1.55. The quantitative estimate of drug-likeness (QED) is 0.685. The first-order chi connectivity index (χ1) is 6.16. The number of hydrogen-bond donors (Lipinski definition) is 2. The zero-order chi connectivity index (χ0) is 9.84. The van der Waals surface area contributed by atoms with E-state index in [2.05, 4.69) is 5.10 Å². The van der Waals surface area contributed by atoms with Gasteiger partial charge in [0.2, 0.25) is 0 Å². The standard InChI is InChI=1S/C7H8N4O2/c8-2-1-3-11-6(9)5(4-10-11)7(12)13/h4H,1,3,9H2,(H,12,13). The zero-order valence-corrected chi connectivity index (χ0v) is 6.77. The van der Waals surface area contributed by atoms with Crippen LogP contribution in [0.3, 0.4) is 0 Å². The summed E-state index contributed by atoms with van der Waals surface area (Å²) >= 11 is 0. The van der Waals surface area contributed by atoms with Crippen molar-refractivity contribution in [3.8, 4) is 6.07 Å². The molecular formula is C7H8N4O2. The third kappa shape index (κ3) is 1.76. The Labute approximate surface area is 74.2 Å². The van der Waals surface area contributed by atoms with Gasteiger partial charge in [-0.25, -0.2) is 9.48 Å². The van der Waals surface area contributed by atoms with E-state index in [0.29, 0.717) is 6.54 Å². The molecule has 0 saturated carbocycles. The number of aromatic carboxylic acids is 1. The molecule has 0 aliphatic heterocycles. The minimum atomic E-state index is -1.11. The lowest BCUT2D eigenvalue weighted by Crippen LogP contribution is -2.07. The van der Waals surface area contributed by atoms with E-state index in [1.165, 1.54) is 10.9 Å². The van der Waals surface area contributed by atoms with Crippen LogP contribution in [0.1, 0.15) is 16.8 Å². The lowest BCUT2D eigenvalue weighted by Gasteiger charge is -1.99. The third-order valence-electron chi connectivity index (χ3n) is 1.55. The van der Waals surface area contributed by atoms with Crippen molar-refractivity contribution in [2.45, 2.75) is 13.0 Å². The van der Waals surface area contributed by atoms with Gasteiger partial charge in [-0.2, -0.15) is 10.4 Å². The Morgan fingerprint density at radius 3 is 3.00 bits per heavy atom. The van der Waals surface area contributed by atoms with Gasteiger partial charge in [0.1, 0.15) is 11.4 Å². The number of aryl methyl sites for hydroxylation is 1. The van der Waals surface area contributed by atoms with Crippen LogP contribution < -0.4 is 5.73 Å². The SMILES string of the molecule is N#CCCn1ncc(C(=O)O)c1N. The van der Waals surface area contributed by atoms with Gasteiger partial charge in [-0.3, -0.25) is 0 Å². The Balaban J connectivity index is 2.88. The average molecular weight is 180 g/mol. The summed E-state index contributed by atoms with van der Waals surface area (Å²) in [4.78, 5) is 10.5. The van der Waals surface area contributed by atoms with E-state index in [9.17, 15) is 4.79 Å². The van der Waals surface area contributed by atoms with Crippen molar-refractivity contribution in [2.24, 2.45) is 0 Å². The van der Waals surface area contributed by atoms with Gasteiger partial charge >= 0.3 is 5.97 Å². The normalized spacial score (nSPS) is 9.46. The molecule has 0 saturated heterocycles. The summed E-state index contributed by atoms with van der Waals surface area (Å²) in [6, 6.07) is 1.92. The molecule has 3 N–H and O–H groups in total. The monoisotopic (exact) mass is 180 g/mol. The molecule has 0 aromatic carbocycles. The molecule has 6 nitrogen and oxygen atoms in total. The minimum Gasteiger partial charge on any atom is -0.477 e. The lowest BCUT2D eigenvalue weighted by molar-refractivity contribution is 0.0698. The number of nitrogens with two attached hydrogens (primary N) is 1. The predicted octanol–water partition coefficient (Wildman–Crippen LogP) is 0.0772. The van der Waals surface area contributed by atoms with Crippen molar-refractivity contribution < 1.29 is 9.90 Å². The van der Waals surface area contributed by atoms with Crippen LogP contribution in [0.25, 0.3) is 0 Å². The molecule has 1 heterocycles. The molecule has 0 spiro atoms. The number of nitrogen functional groups attached to an aromatic ring is 1. The first-order valence-electron chi connectivity index (χ1n) is 3.58. The van der Waals surface area contributed by atoms with E-state index in [1.807, 2.05) is 6.07 Å². The maximum Gasteiger partial charge on any atom is 0.341 e. The van der Waals surface area contributed by atoms with E-state index in [0.717, 1.165) is 0 Å². The molecule has 1 aromatic rings. The highest BCUT2D eigenvalue weighted by Gasteiger charge is 2.12. The highest BCUT2D eigenvalue weighted by Crippen LogP contribution is 2.10. The van der Waals surface area contributed by atoms with Crippen LogP contribution in [0.15, 0.2) is 6.20 Å². The van der Waals surface area contributed by atoms with Crippen LogP contribution in [-0.2, 0) is 6.54 Å². The number of aromatic nitrogens is 2. The molecule has 0 aliphatic rings. The number of carboxylic acids is 1. The number of nitriles is 1. The summed E-state index contributed by atoms with van der Waals surface area (Å²) in [5.74, 6) is -1.02. The summed E-state index contributed by atoms with van der Waals surface area (Å²) in [5.41, 5.74) is 5.43. The van der Waals surface area contributed by atoms with E-state index in [-0.39, 0.29) is 17.8 Å². The van der Waals surface area contributed by atoms with Gasteiger partial charge in [-0.1, -0.05) is 0 Å². The molecule has 0 bridgehead atoms. The smallest absolute Gasteiger partial charge is 0.341 e. The molecule has 1 aromatic heterocycles. The maximum absolute atomic E-state index is 10.5. The van der Waals surface area contributed by atoms with Gasteiger partial charge in [0.25, 0.3) is 0 Å². The number of anilines is 1. The molecule has 6 heteroatoms. The summed E-state index contributed by atoms with van der Waals surface area (Å²) in [7, 11) is 0. The Kier molecular flexibility index (Phi) is 2.50. The number of carboxylic acid groups (broad SMARTS) is 1. The van der Waals surface area contributed by atoms with Crippen LogP contribution in [-0.4, -0.2) is 20.9 Å². The Morgan fingerprint density at radius 1 is 1.85 bits per heavy atom. The summed E-state index contributed by atoms with van der Waals surface area (Å²) in [6.45, 7) is 0.315. The van der Waals surface area contributed by atoms with Gasteiger partial charge in [0.15, 0.2) is 0 Å². The van der Waals surface area contributed by atoms with Crippen molar-refractivity contribution in [1.29, 1.82) is 5.26 Å². The Morgan fingerprint density at radius 2 is 2.54 bits per heavy atom. The fraction of sp³-hybridized carbons (Fsp3) is 0.286. The molecule has 0 radical (unpaired) electrons. The van der Waals surface area contributed by atoms with Gasteiger partial charge in [-0.05, 0) is 0 Å². The Hall–Kier alpha value is -2.03. The molecular weight excluding hydrogens is 172 g/mol. The van der Waals surface area contributed by atoms with Crippen molar-refractivity contribution in [1.82, 2.24) is 9.78 Å². The molecule has 13 heavy (non-hydrogen) atoms. The topological polar surface area (TPSA) is 105 Å². The first kappa shape index (κ1) is 9.06. The molecule has 0 fully saturated rings. The predicted molar refractivity (Wildman–Crippen MR) is 43.8 cm³/mol. The number of nitrogens with zero attached hydrogens (tertiary/aromatic N) is 3. The largest absolute Gasteiger partial charge is 0.477 e. The maximum atomic E-state index is 10.5. The highest BCUT2D eigenvalue weighted by atomic mass is 16.4. The average Bonchev–Trinajstić information content (AvgIpc) is 2.43. The van der Waals surface area contributed by atoms with Crippen molar-refractivity contribution >= 4 is 11.8 Å². The second-order valence-electron chi connectivity index (χ2n) is 2.38. The fourth-order valence-electron chi connectivity index (χ4n) is 0.894. The second-order valence-corrected chi connectivity index (χ2v) is 2.38. The summed E-state index contributed by atoms with van der Waals surface area (Å²) in [5, 5.41) is 20.6. The molecule has 68 valence electrons. The number of rotatable bonds is 3. The van der Waals surface area contributed by atoms with Crippen molar-refractivity contribution in [3.05, 3.63) is 11.8 Å². The Bertz CT molecular complexity index is 363. The zero-order valence-electron chi connectivity index (χ0n) is 6.77. The highest BCUT2D eigenvalue weighted by molar-refractivity contribution is 5.92.